The van der Waals surface area contributed by atoms with Crippen LogP contribution >= 0.6 is 0 Å². The fraction of sp³-hybridized carbons (Fsp3) is 0.636. The first-order chi connectivity index (χ1) is 7.05. The monoisotopic (exact) mass is 209 g/mol. The number of aromatic nitrogens is 2. The zero-order chi connectivity index (χ0) is 10.9. The van der Waals surface area contributed by atoms with Gasteiger partial charge in [0.05, 0.1) is 0 Å². The predicted molar refractivity (Wildman–Crippen MR) is 57.0 cm³/mol. The molecule has 82 valence electrons. The molecule has 1 N–H and O–H groups in total. The molecule has 0 bridgehead atoms. The van der Waals surface area contributed by atoms with E-state index in [0.29, 0.717) is 17.3 Å². The van der Waals surface area contributed by atoms with Gasteiger partial charge in [0.25, 0.3) is 0 Å². The highest BCUT2D eigenvalue weighted by molar-refractivity contribution is 5.34. The molecule has 1 fully saturated rings. The number of hydrogen-bond donors (Lipinski definition) is 1. The van der Waals surface area contributed by atoms with Crippen LogP contribution in [-0.2, 0) is 0 Å². The summed E-state index contributed by atoms with van der Waals surface area (Å²) in [5.41, 5.74) is 0.392. The lowest BCUT2D eigenvalue weighted by molar-refractivity contribution is 0.378. The summed E-state index contributed by atoms with van der Waals surface area (Å²) in [4.78, 5) is 7.41. The second kappa shape index (κ2) is 3.76. The normalized spacial score (nSPS) is 24.1. The van der Waals surface area contributed by atoms with Gasteiger partial charge in [0.1, 0.15) is 12.1 Å². The van der Waals surface area contributed by atoms with E-state index in [-0.39, 0.29) is 0 Å². The molecule has 1 aliphatic rings. The third kappa shape index (κ3) is 2.64. The summed E-state index contributed by atoms with van der Waals surface area (Å²) in [7, 11) is 0. The summed E-state index contributed by atoms with van der Waals surface area (Å²) in [6, 6.07) is 1.75. The molecule has 1 saturated carbocycles. The van der Waals surface area contributed by atoms with Crippen LogP contribution in [-0.4, -0.2) is 16.0 Å². The molecule has 3 nitrogen and oxygen atoms in total. The fourth-order valence-electron chi connectivity index (χ4n) is 2.18. The number of nitrogens with one attached hydrogen (secondary N) is 1. The Kier molecular flexibility index (Phi) is 2.59. The largest absolute Gasteiger partial charge is 0.367 e. The third-order valence-electron chi connectivity index (χ3n) is 2.95. The van der Waals surface area contributed by atoms with Crippen LogP contribution in [0.3, 0.4) is 0 Å². The average Bonchev–Trinajstić information content (AvgIpc) is 2.45. The van der Waals surface area contributed by atoms with E-state index in [9.17, 15) is 4.39 Å². The first kappa shape index (κ1) is 10.3. The fourth-order valence-corrected chi connectivity index (χ4v) is 2.18. The van der Waals surface area contributed by atoms with Crippen LogP contribution in [0.15, 0.2) is 12.4 Å². The van der Waals surface area contributed by atoms with Gasteiger partial charge >= 0.3 is 0 Å². The predicted octanol–water partition coefficient (Wildman–Crippen LogP) is 2.61. The minimum atomic E-state index is -0.482. The highest BCUT2D eigenvalue weighted by atomic mass is 19.1. The molecule has 1 heterocycles. The lowest BCUT2D eigenvalue weighted by atomic mass is 9.92. The van der Waals surface area contributed by atoms with Crippen molar-refractivity contribution in [3.63, 3.8) is 0 Å². The average molecular weight is 209 g/mol. The molecule has 1 atom stereocenters. The Morgan fingerprint density at radius 1 is 1.47 bits per heavy atom. The molecule has 0 amide bonds. The van der Waals surface area contributed by atoms with Crippen molar-refractivity contribution < 1.29 is 4.39 Å². The summed E-state index contributed by atoms with van der Waals surface area (Å²) in [5.74, 6) is 0.106. The van der Waals surface area contributed by atoms with E-state index in [1.165, 1.54) is 18.8 Å². The van der Waals surface area contributed by atoms with Gasteiger partial charge < -0.3 is 5.32 Å². The minimum absolute atomic E-state index is 0.392. The molecular formula is C11H16FN3. The molecule has 0 radical (unpaired) electrons. The van der Waals surface area contributed by atoms with Crippen molar-refractivity contribution in [3.8, 4) is 0 Å². The first-order valence-electron chi connectivity index (χ1n) is 5.29. The number of anilines is 1. The molecule has 1 aromatic rings. The number of hydrogen-bond acceptors (Lipinski definition) is 3. The zero-order valence-electron chi connectivity index (χ0n) is 9.13. The van der Waals surface area contributed by atoms with Crippen molar-refractivity contribution in [1.82, 2.24) is 9.97 Å². The molecule has 0 aliphatic heterocycles. The van der Waals surface area contributed by atoms with Gasteiger partial charge in [0.15, 0.2) is 0 Å². The maximum Gasteiger partial charge on any atom is 0.217 e. The van der Waals surface area contributed by atoms with Crippen LogP contribution in [0.25, 0.3) is 0 Å². The Morgan fingerprint density at radius 3 is 2.87 bits per heavy atom. The maximum atomic E-state index is 12.8. The Hall–Kier alpha value is -1.19. The molecule has 1 unspecified atom stereocenters. The van der Waals surface area contributed by atoms with Crippen molar-refractivity contribution in [3.05, 3.63) is 18.3 Å². The number of nitrogens with zero attached hydrogens (tertiary/aromatic N) is 2. The van der Waals surface area contributed by atoms with Crippen molar-refractivity contribution in [2.45, 2.75) is 39.2 Å². The Morgan fingerprint density at radius 2 is 2.27 bits per heavy atom. The van der Waals surface area contributed by atoms with Crippen molar-refractivity contribution >= 4 is 5.82 Å². The van der Waals surface area contributed by atoms with E-state index < -0.39 is 5.95 Å². The standard InChI is InChI=1S/C11H16FN3/c1-11(2)4-3-8(6-11)15-10-5-9(12)13-7-14-10/h5,7-8H,3-4,6H2,1-2H3,(H,13,14,15). The lowest BCUT2D eigenvalue weighted by Crippen LogP contribution is -2.18. The Balaban J connectivity index is 1.99. The van der Waals surface area contributed by atoms with E-state index in [4.69, 9.17) is 0 Å². The van der Waals surface area contributed by atoms with Gasteiger partial charge in [-0.05, 0) is 24.7 Å². The summed E-state index contributed by atoms with van der Waals surface area (Å²) in [5, 5.41) is 3.25. The molecule has 4 heteroatoms. The first-order valence-corrected chi connectivity index (χ1v) is 5.29. The van der Waals surface area contributed by atoms with Gasteiger partial charge in [0, 0.05) is 12.1 Å². The molecule has 1 aliphatic carbocycles. The third-order valence-corrected chi connectivity index (χ3v) is 2.95. The smallest absolute Gasteiger partial charge is 0.217 e. The van der Waals surface area contributed by atoms with E-state index >= 15 is 0 Å². The molecular weight excluding hydrogens is 193 g/mol. The molecule has 0 saturated heterocycles. The zero-order valence-corrected chi connectivity index (χ0v) is 9.13. The highest BCUT2D eigenvalue weighted by Crippen LogP contribution is 2.37. The SMILES string of the molecule is CC1(C)CCC(Nc2cc(F)ncn2)C1. The highest BCUT2D eigenvalue weighted by Gasteiger charge is 2.30. The van der Waals surface area contributed by atoms with Crippen LogP contribution in [0.4, 0.5) is 10.2 Å². The maximum absolute atomic E-state index is 12.8. The van der Waals surface area contributed by atoms with E-state index in [1.807, 2.05) is 0 Å². The number of rotatable bonds is 2. The van der Waals surface area contributed by atoms with Crippen LogP contribution in [0.1, 0.15) is 33.1 Å². The van der Waals surface area contributed by atoms with Gasteiger partial charge in [-0.3, -0.25) is 0 Å². The molecule has 0 spiro atoms. The Bertz CT molecular complexity index is 351. The molecule has 1 aromatic heterocycles. The van der Waals surface area contributed by atoms with Gasteiger partial charge in [0.2, 0.25) is 5.95 Å². The van der Waals surface area contributed by atoms with E-state index in [2.05, 4.69) is 29.1 Å². The quantitative estimate of drug-likeness (QED) is 0.761. The van der Waals surface area contributed by atoms with Crippen molar-refractivity contribution in [1.29, 1.82) is 0 Å². The summed E-state index contributed by atoms with van der Waals surface area (Å²) in [6.07, 6.45) is 4.69. The van der Waals surface area contributed by atoms with Gasteiger partial charge in [-0.1, -0.05) is 13.8 Å². The van der Waals surface area contributed by atoms with E-state index in [0.717, 1.165) is 12.8 Å². The van der Waals surface area contributed by atoms with Gasteiger partial charge in [-0.25, -0.2) is 9.97 Å². The molecule has 0 aromatic carbocycles. The topological polar surface area (TPSA) is 37.8 Å². The van der Waals surface area contributed by atoms with Crippen LogP contribution in [0.5, 0.6) is 0 Å². The molecule has 2 rings (SSSR count). The van der Waals surface area contributed by atoms with Crippen molar-refractivity contribution in [2.24, 2.45) is 5.41 Å². The van der Waals surface area contributed by atoms with Crippen molar-refractivity contribution in [2.75, 3.05) is 5.32 Å². The number of halogens is 1. The second-order valence-electron chi connectivity index (χ2n) is 4.97. The summed E-state index contributed by atoms with van der Waals surface area (Å²) >= 11 is 0. The van der Waals surface area contributed by atoms with E-state index in [1.54, 1.807) is 0 Å². The second-order valence-corrected chi connectivity index (χ2v) is 4.97. The lowest BCUT2D eigenvalue weighted by Gasteiger charge is -2.18. The van der Waals surface area contributed by atoms with Crippen LogP contribution in [0, 0.1) is 11.4 Å². The Labute approximate surface area is 89.1 Å². The summed E-state index contributed by atoms with van der Waals surface area (Å²) < 4.78 is 12.8. The van der Waals surface area contributed by atoms with Crippen LogP contribution < -0.4 is 5.32 Å². The van der Waals surface area contributed by atoms with Gasteiger partial charge in [-0.15, -0.1) is 0 Å². The molecule has 15 heavy (non-hydrogen) atoms. The van der Waals surface area contributed by atoms with Crippen LogP contribution in [0.2, 0.25) is 0 Å². The summed E-state index contributed by atoms with van der Waals surface area (Å²) in [6.45, 7) is 4.52. The van der Waals surface area contributed by atoms with Gasteiger partial charge in [-0.2, -0.15) is 4.39 Å². The minimum Gasteiger partial charge on any atom is -0.367 e.